The van der Waals surface area contributed by atoms with Crippen molar-refractivity contribution in [2.75, 3.05) is 7.11 Å². The van der Waals surface area contributed by atoms with Crippen molar-refractivity contribution in [3.8, 4) is 5.75 Å². The number of nitrogens with one attached hydrogen (secondary N) is 1. The highest BCUT2D eigenvalue weighted by Gasteiger charge is 2.08. The number of methoxy groups -OCH3 is 1. The Morgan fingerprint density at radius 3 is 2.84 bits per heavy atom. The predicted molar refractivity (Wildman–Crippen MR) is 76.2 cm³/mol. The minimum atomic E-state index is 0.273. The van der Waals surface area contributed by atoms with Crippen LogP contribution < -0.4 is 10.1 Å². The van der Waals surface area contributed by atoms with E-state index in [1.807, 2.05) is 30.8 Å². The van der Waals surface area contributed by atoms with Gasteiger partial charge in [-0.15, -0.1) is 0 Å². The standard InChI is InChI=1S/C15H21N3O/c1-11(13-6-5-7-15(8-13)19-4)16-9-14-10-18(3)17-12(14)2/h5-8,10-11,16H,9H2,1-4H3/t11-/m0/s1. The van der Waals surface area contributed by atoms with Gasteiger partial charge in [0.25, 0.3) is 0 Å². The molecule has 0 bridgehead atoms. The van der Waals surface area contributed by atoms with Crippen LogP contribution in [0.1, 0.15) is 29.8 Å². The minimum Gasteiger partial charge on any atom is -0.497 e. The average molecular weight is 259 g/mol. The van der Waals surface area contributed by atoms with Crippen molar-refractivity contribution in [2.45, 2.75) is 26.4 Å². The molecule has 0 unspecified atom stereocenters. The number of hydrogen-bond donors (Lipinski definition) is 1. The molecule has 0 radical (unpaired) electrons. The Morgan fingerprint density at radius 2 is 2.21 bits per heavy atom. The van der Waals surface area contributed by atoms with Gasteiger partial charge in [-0.05, 0) is 31.5 Å². The first-order valence-corrected chi connectivity index (χ1v) is 6.46. The van der Waals surface area contributed by atoms with E-state index in [-0.39, 0.29) is 6.04 Å². The van der Waals surface area contributed by atoms with Crippen LogP contribution in [0.15, 0.2) is 30.5 Å². The molecule has 0 saturated heterocycles. The molecule has 0 fully saturated rings. The second-order valence-corrected chi connectivity index (χ2v) is 4.79. The number of ether oxygens (including phenoxy) is 1. The van der Waals surface area contributed by atoms with Gasteiger partial charge in [0.2, 0.25) is 0 Å². The van der Waals surface area contributed by atoms with Gasteiger partial charge in [-0.3, -0.25) is 4.68 Å². The van der Waals surface area contributed by atoms with Gasteiger partial charge >= 0.3 is 0 Å². The maximum Gasteiger partial charge on any atom is 0.119 e. The molecule has 1 atom stereocenters. The van der Waals surface area contributed by atoms with E-state index in [0.717, 1.165) is 18.0 Å². The van der Waals surface area contributed by atoms with Crippen molar-refractivity contribution in [2.24, 2.45) is 7.05 Å². The highest BCUT2D eigenvalue weighted by Crippen LogP contribution is 2.19. The Balaban J connectivity index is 2.00. The highest BCUT2D eigenvalue weighted by molar-refractivity contribution is 5.30. The third-order valence-corrected chi connectivity index (χ3v) is 3.31. The quantitative estimate of drug-likeness (QED) is 0.897. The summed E-state index contributed by atoms with van der Waals surface area (Å²) in [7, 11) is 3.64. The van der Waals surface area contributed by atoms with Crippen LogP contribution in [-0.4, -0.2) is 16.9 Å². The van der Waals surface area contributed by atoms with Crippen LogP contribution in [0.4, 0.5) is 0 Å². The van der Waals surface area contributed by atoms with Gasteiger partial charge < -0.3 is 10.1 Å². The summed E-state index contributed by atoms with van der Waals surface area (Å²) in [5, 5.41) is 7.86. The molecule has 2 aromatic rings. The summed E-state index contributed by atoms with van der Waals surface area (Å²) in [5.74, 6) is 0.892. The fourth-order valence-electron chi connectivity index (χ4n) is 2.11. The molecule has 1 aromatic heterocycles. The molecule has 0 saturated carbocycles. The summed E-state index contributed by atoms with van der Waals surface area (Å²) >= 11 is 0. The van der Waals surface area contributed by atoms with E-state index in [1.165, 1.54) is 11.1 Å². The van der Waals surface area contributed by atoms with E-state index in [2.05, 4.69) is 35.7 Å². The monoisotopic (exact) mass is 259 g/mol. The number of aryl methyl sites for hydroxylation is 2. The third kappa shape index (κ3) is 3.35. The molecule has 19 heavy (non-hydrogen) atoms. The fourth-order valence-corrected chi connectivity index (χ4v) is 2.11. The van der Waals surface area contributed by atoms with E-state index in [0.29, 0.717) is 0 Å². The fraction of sp³-hybridized carbons (Fsp3) is 0.400. The topological polar surface area (TPSA) is 39.1 Å². The van der Waals surface area contributed by atoms with Crippen LogP contribution in [0.25, 0.3) is 0 Å². The molecule has 4 nitrogen and oxygen atoms in total. The van der Waals surface area contributed by atoms with Gasteiger partial charge in [0.05, 0.1) is 12.8 Å². The lowest BCUT2D eigenvalue weighted by atomic mass is 10.1. The lowest BCUT2D eigenvalue weighted by Gasteiger charge is -2.14. The second kappa shape index (κ2) is 5.89. The third-order valence-electron chi connectivity index (χ3n) is 3.31. The van der Waals surface area contributed by atoms with E-state index in [4.69, 9.17) is 4.74 Å². The summed E-state index contributed by atoms with van der Waals surface area (Å²) in [6, 6.07) is 8.42. The molecule has 1 aromatic carbocycles. The van der Waals surface area contributed by atoms with Crippen molar-refractivity contribution in [3.05, 3.63) is 47.3 Å². The number of hydrogen-bond acceptors (Lipinski definition) is 3. The van der Waals surface area contributed by atoms with Crippen molar-refractivity contribution >= 4 is 0 Å². The summed E-state index contributed by atoms with van der Waals surface area (Å²) < 4.78 is 7.10. The van der Waals surface area contributed by atoms with Gasteiger partial charge in [0, 0.05) is 31.4 Å². The molecule has 0 spiro atoms. The number of nitrogens with zero attached hydrogens (tertiary/aromatic N) is 2. The van der Waals surface area contributed by atoms with Crippen molar-refractivity contribution in [1.82, 2.24) is 15.1 Å². The Kier molecular flexibility index (Phi) is 4.22. The molecule has 1 heterocycles. The van der Waals surface area contributed by atoms with Crippen molar-refractivity contribution < 1.29 is 4.74 Å². The zero-order valence-electron chi connectivity index (χ0n) is 12.0. The van der Waals surface area contributed by atoms with Crippen LogP contribution in [-0.2, 0) is 13.6 Å². The summed E-state index contributed by atoms with van der Waals surface area (Å²) in [4.78, 5) is 0. The van der Waals surface area contributed by atoms with Crippen LogP contribution >= 0.6 is 0 Å². The second-order valence-electron chi connectivity index (χ2n) is 4.79. The molecule has 0 aliphatic heterocycles. The van der Waals surface area contributed by atoms with Crippen molar-refractivity contribution in [1.29, 1.82) is 0 Å². The highest BCUT2D eigenvalue weighted by atomic mass is 16.5. The molecular formula is C15H21N3O. The lowest BCUT2D eigenvalue weighted by molar-refractivity contribution is 0.413. The first-order valence-electron chi connectivity index (χ1n) is 6.46. The smallest absolute Gasteiger partial charge is 0.119 e. The van der Waals surface area contributed by atoms with Crippen LogP contribution in [0.3, 0.4) is 0 Å². The largest absolute Gasteiger partial charge is 0.497 e. The summed E-state index contributed by atoms with van der Waals surface area (Å²) in [6.45, 7) is 5.01. The Bertz CT molecular complexity index is 548. The molecule has 2 rings (SSSR count). The Hall–Kier alpha value is -1.81. The van der Waals surface area contributed by atoms with E-state index >= 15 is 0 Å². The van der Waals surface area contributed by atoms with Crippen LogP contribution in [0, 0.1) is 6.92 Å². The zero-order chi connectivity index (χ0) is 13.8. The van der Waals surface area contributed by atoms with Crippen molar-refractivity contribution in [3.63, 3.8) is 0 Å². The number of aromatic nitrogens is 2. The zero-order valence-corrected chi connectivity index (χ0v) is 12.0. The predicted octanol–water partition coefficient (Wildman–Crippen LogP) is 2.59. The maximum atomic E-state index is 5.25. The Morgan fingerprint density at radius 1 is 1.42 bits per heavy atom. The van der Waals surface area contributed by atoms with E-state index < -0.39 is 0 Å². The molecular weight excluding hydrogens is 238 g/mol. The molecule has 4 heteroatoms. The molecule has 0 aliphatic carbocycles. The first kappa shape index (κ1) is 13.6. The first-order chi connectivity index (χ1) is 9.10. The van der Waals surface area contributed by atoms with Gasteiger partial charge in [0.1, 0.15) is 5.75 Å². The minimum absolute atomic E-state index is 0.273. The van der Waals surface area contributed by atoms with Crippen LogP contribution in [0.2, 0.25) is 0 Å². The number of rotatable bonds is 5. The maximum absolute atomic E-state index is 5.25. The Labute approximate surface area is 114 Å². The molecule has 102 valence electrons. The van der Waals surface area contributed by atoms with Gasteiger partial charge in [-0.25, -0.2) is 0 Å². The molecule has 1 N–H and O–H groups in total. The normalized spacial score (nSPS) is 12.4. The van der Waals surface area contributed by atoms with Gasteiger partial charge in [-0.1, -0.05) is 12.1 Å². The summed E-state index contributed by atoms with van der Waals surface area (Å²) in [6.07, 6.45) is 2.06. The van der Waals surface area contributed by atoms with Gasteiger partial charge in [0.15, 0.2) is 0 Å². The average Bonchev–Trinajstić information content (AvgIpc) is 2.74. The SMILES string of the molecule is COc1cccc([C@H](C)NCc2cn(C)nc2C)c1. The lowest BCUT2D eigenvalue weighted by Crippen LogP contribution is -2.18. The molecule has 0 amide bonds. The van der Waals surface area contributed by atoms with Gasteiger partial charge in [-0.2, -0.15) is 5.10 Å². The number of benzene rings is 1. The molecule has 0 aliphatic rings. The van der Waals surface area contributed by atoms with E-state index in [9.17, 15) is 0 Å². The summed E-state index contributed by atoms with van der Waals surface area (Å²) in [5.41, 5.74) is 3.53. The van der Waals surface area contributed by atoms with E-state index in [1.54, 1.807) is 7.11 Å². The van der Waals surface area contributed by atoms with Crippen LogP contribution in [0.5, 0.6) is 5.75 Å².